The third-order valence-electron chi connectivity index (χ3n) is 16.5. The van der Waals surface area contributed by atoms with Gasteiger partial charge in [0.15, 0.2) is 0 Å². The summed E-state index contributed by atoms with van der Waals surface area (Å²) in [7, 11) is 0. The van der Waals surface area contributed by atoms with Crippen LogP contribution < -0.4 is 75.1 Å². The van der Waals surface area contributed by atoms with E-state index in [1.807, 2.05) is 31.4 Å². The van der Waals surface area contributed by atoms with E-state index in [1.54, 1.807) is 49.1 Å². The van der Waals surface area contributed by atoms with Gasteiger partial charge in [0.1, 0.15) is 72.7 Å². The molecule has 6 rings (SSSR count). The van der Waals surface area contributed by atoms with Crippen molar-refractivity contribution in [3.63, 3.8) is 0 Å². The molecule has 31 nitrogen and oxygen atoms in total. The Bertz CT molecular complexity index is 3690. The summed E-state index contributed by atoms with van der Waals surface area (Å²) in [6, 6.07) is 7.82. The Hall–Kier alpha value is -10.3. The second kappa shape index (κ2) is 42.1. The fourth-order valence-corrected chi connectivity index (χ4v) is 12.3. The van der Waals surface area contributed by atoms with E-state index in [4.69, 9.17) is 26.8 Å². The lowest BCUT2D eigenvalue weighted by molar-refractivity contribution is -0.135. The number of carbonyl (C=O) groups is 11. The second-order valence-corrected chi connectivity index (χ2v) is 26.6. The summed E-state index contributed by atoms with van der Waals surface area (Å²) in [5.74, 6) is -7.86. The number of rotatable bonds is 19. The summed E-state index contributed by atoms with van der Waals surface area (Å²) in [6.07, 6.45) is 9.39. The molecule has 9 atom stereocenters. The Kier molecular flexibility index (Phi) is 33.3. The standard InChI is InChI=1S/C69H95N17O14S2/c1-6-40(2)61-69(98)85-57(62(72)91)38-102-37-45-26-44(36-101-5)27-49(28-45)99-24-11-7-8-12-25-100-78-35-60(90)81-53(21-22-58(71)88)65(94)79-41(3)63(92)82-56(31-47-33-73-39-77-47)68(97)84-55(30-46-32-75-51-15-10-9-14-50(46)51)67(96)83-54(29-43-17-19-48(87)20-18-43)64(93)76-34-59(89)80-52(66(95)86-61)16-13-23-74-42(4)70/h9-10,14-15,17-20,26-28,32-33,35,39-41,52-57,61,74-75,87H,4,6-8,11-13,16,21-25,29-31,34,36-38,70H2,1-3,5H3,(H2,71,88)(H2,72,91)(H,73,77)(H,76,93)(H,79,94)(H,80,89)(H,81,90)(H,82,92)(H,83,96)(H,84,97)(H,85,98)(H,86,95)/b78-35+/t40-,41-,52-,53-,54-,55-,56-,57-,61-/m0/s1. The number of phenolic OH excluding ortho intramolecular Hbond substituents is 1. The molecule has 0 fully saturated rings. The number of primary amides is 2. The second-order valence-electron chi connectivity index (χ2n) is 24.7. The summed E-state index contributed by atoms with van der Waals surface area (Å²) in [5, 5.41) is 41.4. The SMILES string of the molecule is C=C(N)NCCC[C@@H]1NC(=O)CNC(=O)[C@H](Cc2ccc(O)cc2)NC(=O)[C@H](Cc2c[nH]c3ccccc23)NC(=O)[C@H](Cc2c[nH]cn2)NC(=O)[C@H](C)NC(=O)[C@H](CCC(N)=O)NC(=O)/C=N/OCCCCCCOc2cc(CSC)cc(c2)CSC[C@@H](C(N)=O)NC(=O)[C@H]([C@@H](C)CC)NC1=O. The molecule has 552 valence electrons. The van der Waals surface area contributed by atoms with E-state index < -0.39 is 126 Å². The minimum atomic E-state index is -1.51. The molecule has 0 spiro atoms. The van der Waals surface area contributed by atoms with Gasteiger partial charge in [-0.05, 0) is 117 Å². The maximum atomic E-state index is 15.0. The Morgan fingerprint density at radius 1 is 0.735 bits per heavy atom. The number of ether oxygens (including phenoxy) is 1. The number of aromatic amines is 2. The molecule has 0 unspecified atom stereocenters. The molecule has 0 saturated heterocycles. The van der Waals surface area contributed by atoms with Crippen LogP contribution in [0.3, 0.4) is 0 Å². The first kappa shape index (κ1) is 80.7. The fraction of sp³-hybridized carbons (Fsp3) is 0.464. The number of phenols is 1. The van der Waals surface area contributed by atoms with Crippen molar-refractivity contribution >= 4 is 106 Å². The number of oxime groups is 1. The van der Waals surface area contributed by atoms with Crippen molar-refractivity contribution in [3.8, 4) is 11.5 Å². The number of para-hydroxylation sites is 1. The van der Waals surface area contributed by atoms with Crippen LogP contribution in [0.2, 0.25) is 0 Å². The van der Waals surface area contributed by atoms with Gasteiger partial charge in [-0.15, -0.1) is 0 Å². The molecule has 11 amide bonds. The number of hydrogen-bond acceptors (Lipinski definition) is 20. The summed E-state index contributed by atoms with van der Waals surface area (Å²) < 4.78 is 6.19. The van der Waals surface area contributed by atoms with Crippen molar-refractivity contribution in [3.05, 3.63) is 126 Å². The van der Waals surface area contributed by atoms with E-state index in [1.165, 1.54) is 55.5 Å². The lowest BCUT2D eigenvalue weighted by atomic mass is 9.97. The zero-order valence-electron chi connectivity index (χ0n) is 57.7. The lowest BCUT2D eigenvalue weighted by Gasteiger charge is -2.28. The summed E-state index contributed by atoms with van der Waals surface area (Å²) in [5.41, 5.74) is 21.0. The number of aromatic nitrogens is 3. The van der Waals surface area contributed by atoms with Crippen molar-refractivity contribution in [2.24, 2.45) is 28.3 Å². The molecule has 1 aliphatic heterocycles. The lowest BCUT2D eigenvalue weighted by Crippen LogP contribution is -2.60. The van der Waals surface area contributed by atoms with Crippen LogP contribution in [0, 0.1) is 5.92 Å². The van der Waals surface area contributed by atoms with Crippen molar-refractivity contribution in [2.75, 3.05) is 38.3 Å². The van der Waals surface area contributed by atoms with Crippen LogP contribution in [0.25, 0.3) is 10.9 Å². The zero-order valence-corrected chi connectivity index (χ0v) is 59.3. The van der Waals surface area contributed by atoms with Gasteiger partial charge in [-0.3, -0.25) is 52.7 Å². The van der Waals surface area contributed by atoms with Crippen LogP contribution in [-0.2, 0) is 88.3 Å². The van der Waals surface area contributed by atoms with Gasteiger partial charge in [0.2, 0.25) is 59.1 Å². The number of fused-ring (bicyclic) bond motifs is 3. The van der Waals surface area contributed by atoms with Crippen LogP contribution in [0.4, 0.5) is 0 Å². The number of nitrogens with two attached hydrogens (primary N) is 3. The van der Waals surface area contributed by atoms with E-state index in [2.05, 4.69) is 79.9 Å². The molecule has 0 saturated carbocycles. The topological polar surface area (TPSA) is 482 Å². The molecule has 5 aromatic rings. The Balaban J connectivity index is 1.31. The highest BCUT2D eigenvalue weighted by atomic mass is 32.2. The molecule has 102 heavy (non-hydrogen) atoms. The maximum Gasteiger partial charge on any atom is 0.266 e. The average Bonchev–Trinajstić information content (AvgIpc) is 1.64. The third-order valence-corrected chi connectivity index (χ3v) is 18.2. The first-order valence-electron chi connectivity index (χ1n) is 33.6. The first-order valence-corrected chi connectivity index (χ1v) is 36.2. The van der Waals surface area contributed by atoms with Crippen LogP contribution in [0.15, 0.2) is 103 Å². The number of benzene rings is 3. The molecule has 2 aromatic heterocycles. The van der Waals surface area contributed by atoms with Crippen molar-refractivity contribution in [1.82, 2.24) is 68.1 Å². The smallest absolute Gasteiger partial charge is 0.266 e. The number of amides is 11. The highest BCUT2D eigenvalue weighted by Crippen LogP contribution is 2.25. The number of nitrogens with zero attached hydrogens (tertiary/aromatic N) is 2. The highest BCUT2D eigenvalue weighted by molar-refractivity contribution is 7.98. The monoisotopic (exact) mass is 1450 g/mol. The largest absolute Gasteiger partial charge is 0.508 e. The molecular weight excluding hydrogens is 1350 g/mol. The van der Waals surface area contributed by atoms with Gasteiger partial charge in [-0.1, -0.05) is 68.4 Å². The van der Waals surface area contributed by atoms with Gasteiger partial charge in [-0.25, -0.2) is 4.98 Å². The van der Waals surface area contributed by atoms with E-state index >= 15 is 4.79 Å². The van der Waals surface area contributed by atoms with Crippen LogP contribution in [-0.4, -0.2) is 178 Å². The van der Waals surface area contributed by atoms with Crippen molar-refractivity contribution in [1.29, 1.82) is 0 Å². The molecule has 3 heterocycles. The van der Waals surface area contributed by atoms with E-state index in [-0.39, 0.29) is 75.4 Å². The quantitative estimate of drug-likeness (QED) is 0.0513. The molecule has 19 N–H and O–H groups in total. The van der Waals surface area contributed by atoms with Gasteiger partial charge >= 0.3 is 0 Å². The third kappa shape index (κ3) is 27.7. The van der Waals surface area contributed by atoms with Gasteiger partial charge in [0, 0.05) is 72.8 Å². The minimum absolute atomic E-state index is 0.00991. The van der Waals surface area contributed by atoms with E-state index in [0.717, 1.165) is 30.2 Å². The van der Waals surface area contributed by atoms with Gasteiger partial charge in [0.05, 0.1) is 31.0 Å². The molecule has 33 heteroatoms. The van der Waals surface area contributed by atoms with Gasteiger partial charge in [0.25, 0.3) is 5.91 Å². The van der Waals surface area contributed by atoms with Crippen LogP contribution in [0.5, 0.6) is 11.5 Å². The van der Waals surface area contributed by atoms with Crippen LogP contribution in [0.1, 0.15) is 107 Å². The summed E-state index contributed by atoms with van der Waals surface area (Å²) >= 11 is 2.99. The van der Waals surface area contributed by atoms with Gasteiger partial charge in [-0.2, -0.15) is 23.5 Å². The Morgan fingerprint density at radius 2 is 1.41 bits per heavy atom. The Labute approximate surface area is 599 Å². The number of hydrogen-bond donors (Lipinski definition) is 16. The predicted octanol–water partition coefficient (Wildman–Crippen LogP) is 0.987. The van der Waals surface area contributed by atoms with E-state index in [9.17, 15) is 53.1 Å². The molecule has 0 radical (unpaired) electrons. The predicted molar refractivity (Wildman–Crippen MR) is 386 cm³/mol. The molecule has 3 aromatic carbocycles. The average molecular weight is 1450 g/mol. The van der Waals surface area contributed by atoms with Crippen molar-refractivity contribution < 1.29 is 67.4 Å². The molecular formula is C69H95N17O14S2. The minimum Gasteiger partial charge on any atom is -0.508 e. The number of imidazole rings is 1. The highest BCUT2D eigenvalue weighted by Gasteiger charge is 2.35. The molecule has 1 aliphatic rings. The maximum absolute atomic E-state index is 15.0. The Morgan fingerprint density at radius 3 is 2.10 bits per heavy atom. The summed E-state index contributed by atoms with van der Waals surface area (Å²) in [6.45, 7) is 8.55. The summed E-state index contributed by atoms with van der Waals surface area (Å²) in [4.78, 5) is 169. The van der Waals surface area contributed by atoms with E-state index in [0.29, 0.717) is 70.8 Å². The number of carbonyl (C=O) groups excluding carboxylic acids is 11. The number of H-pyrrole nitrogens is 2. The van der Waals surface area contributed by atoms with Crippen LogP contribution >= 0.6 is 23.5 Å². The van der Waals surface area contributed by atoms with Crippen molar-refractivity contribution in [2.45, 2.75) is 158 Å². The number of nitrogens with one attached hydrogen (secondary N) is 12. The first-order chi connectivity index (χ1) is 48.9. The molecule has 2 bridgehead atoms. The fourth-order valence-electron chi connectivity index (χ4n) is 10.8. The number of thioether (sulfide) groups is 2. The normalized spacial score (nSPS) is 22.1. The number of aromatic hydroxyl groups is 1. The van der Waals surface area contributed by atoms with Gasteiger partial charge < -0.3 is 95.0 Å². The zero-order chi connectivity index (χ0) is 74.1. The molecule has 0 aliphatic carbocycles.